The Morgan fingerprint density at radius 3 is 2.81 bits per heavy atom. The van der Waals surface area contributed by atoms with Crippen LogP contribution < -0.4 is 5.43 Å². The van der Waals surface area contributed by atoms with Crippen LogP contribution in [0.1, 0.15) is 16.1 Å². The lowest BCUT2D eigenvalue weighted by molar-refractivity contribution is -0.385. The number of hydrogen-bond donors (Lipinski definition) is 2. The Morgan fingerprint density at radius 2 is 2.24 bits per heavy atom. The van der Waals surface area contributed by atoms with Gasteiger partial charge in [0.25, 0.3) is 5.69 Å². The normalized spacial score (nSPS) is 11.0. The highest BCUT2D eigenvalue weighted by molar-refractivity contribution is 9.10. The number of aromatic hydroxyl groups is 1. The molecular formula is C12H11BrN4O3S. The van der Waals surface area contributed by atoms with Gasteiger partial charge in [-0.15, -0.1) is 11.3 Å². The molecule has 0 saturated carbocycles. The third kappa shape index (κ3) is 3.56. The smallest absolute Gasteiger partial charge is 0.271 e. The summed E-state index contributed by atoms with van der Waals surface area (Å²) in [6.07, 6.45) is 1.30. The molecule has 0 spiro atoms. The predicted molar refractivity (Wildman–Crippen MR) is 85.3 cm³/mol. The molecule has 1 aromatic heterocycles. The maximum Gasteiger partial charge on any atom is 0.271 e. The molecule has 2 aromatic rings. The molecule has 0 radical (unpaired) electrons. The summed E-state index contributed by atoms with van der Waals surface area (Å²) in [6, 6.07) is 2.47. The lowest BCUT2D eigenvalue weighted by Crippen LogP contribution is -1.94. The van der Waals surface area contributed by atoms with Gasteiger partial charge in [-0.05, 0) is 29.8 Å². The van der Waals surface area contributed by atoms with Crippen molar-refractivity contribution in [1.29, 1.82) is 0 Å². The van der Waals surface area contributed by atoms with Crippen molar-refractivity contribution in [2.75, 3.05) is 5.43 Å². The summed E-state index contributed by atoms with van der Waals surface area (Å²) < 4.78 is 0.235. The fourth-order valence-corrected chi connectivity index (χ4v) is 2.71. The molecule has 0 aliphatic heterocycles. The largest absolute Gasteiger partial charge is 0.506 e. The van der Waals surface area contributed by atoms with Crippen molar-refractivity contribution >= 4 is 44.3 Å². The molecule has 0 amide bonds. The van der Waals surface area contributed by atoms with E-state index in [4.69, 9.17) is 0 Å². The summed E-state index contributed by atoms with van der Waals surface area (Å²) in [5.74, 6) is -0.113. The average Bonchev–Trinajstić information content (AvgIpc) is 2.73. The van der Waals surface area contributed by atoms with Crippen LogP contribution in [0.3, 0.4) is 0 Å². The topological polar surface area (TPSA) is 101 Å². The molecule has 0 unspecified atom stereocenters. The van der Waals surface area contributed by atoms with E-state index in [9.17, 15) is 15.2 Å². The van der Waals surface area contributed by atoms with E-state index in [1.807, 2.05) is 13.8 Å². The second-order valence-electron chi connectivity index (χ2n) is 4.15. The summed E-state index contributed by atoms with van der Waals surface area (Å²) in [4.78, 5) is 15.6. The number of aryl methyl sites for hydroxylation is 2. The van der Waals surface area contributed by atoms with Crippen LogP contribution in [0, 0.1) is 24.0 Å². The number of hydrazone groups is 1. The van der Waals surface area contributed by atoms with Crippen molar-refractivity contribution in [3.63, 3.8) is 0 Å². The van der Waals surface area contributed by atoms with Crippen LogP contribution in [-0.4, -0.2) is 21.2 Å². The van der Waals surface area contributed by atoms with E-state index in [1.54, 1.807) is 0 Å². The number of rotatable bonds is 4. The Labute approximate surface area is 132 Å². The highest BCUT2D eigenvalue weighted by atomic mass is 79.9. The van der Waals surface area contributed by atoms with Gasteiger partial charge in [0.2, 0.25) is 5.13 Å². The Kier molecular flexibility index (Phi) is 4.53. The van der Waals surface area contributed by atoms with Crippen molar-refractivity contribution in [1.82, 2.24) is 4.98 Å². The molecule has 2 N–H and O–H groups in total. The van der Waals surface area contributed by atoms with E-state index < -0.39 is 4.92 Å². The van der Waals surface area contributed by atoms with Gasteiger partial charge in [-0.2, -0.15) is 5.10 Å². The summed E-state index contributed by atoms with van der Waals surface area (Å²) in [5, 5.41) is 25.2. The quantitative estimate of drug-likeness (QED) is 0.486. The van der Waals surface area contributed by atoms with Crippen molar-refractivity contribution < 1.29 is 10.0 Å². The number of nitrogens with zero attached hydrogens (tertiary/aromatic N) is 3. The van der Waals surface area contributed by atoms with Gasteiger partial charge in [0.1, 0.15) is 5.75 Å². The number of hydrogen-bond acceptors (Lipinski definition) is 7. The molecule has 0 atom stereocenters. The van der Waals surface area contributed by atoms with E-state index in [2.05, 4.69) is 31.4 Å². The van der Waals surface area contributed by atoms with Gasteiger partial charge in [0.15, 0.2) is 0 Å². The van der Waals surface area contributed by atoms with Crippen LogP contribution in [0.5, 0.6) is 5.75 Å². The number of nitrogens with one attached hydrogen (secondary N) is 1. The number of nitro groups is 1. The molecule has 9 heteroatoms. The molecule has 0 bridgehead atoms. The minimum atomic E-state index is -0.539. The average molecular weight is 371 g/mol. The molecule has 21 heavy (non-hydrogen) atoms. The molecule has 7 nitrogen and oxygen atoms in total. The predicted octanol–water partition coefficient (Wildman–Crippen LogP) is 3.58. The Hall–Kier alpha value is -2.00. The molecular weight excluding hydrogens is 360 g/mol. The fraction of sp³-hybridized carbons (Fsp3) is 0.167. The van der Waals surface area contributed by atoms with Crippen molar-refractivity contribution in [3.8, 4) is 5.75 Å². The number of phenolic OH excluding ortho intramolecular Hbond substituents is 1. The number of thiazole rings is 1. The number of non-ortho nitro benzene ring substituents is 1. The second-order valence-corrected chi connectivity index (χ2v) is 6.21. The number of phenols is 1. The zero-order chi connectivity index (χ0) is 15.6. The van der Waals surface area contributed by atoms with Crippen LogP contribution in [0.25, 0.3) is 0 Å². The lowest BCUT2D eigenvalue weighted by Gasteiger charge is -2.02. The molecule has 0 saturated heterocycles. The number of benzene rings is 1. The second kappa shape index (κ2) is 6.19. The third-order valence-electron chi connectivity index (χ3n) is 2.68. The number of aromatic nitrogens is 1. The SMILES string of the molecule is Cc1nc(NN=Cc2cc([N+](=O)[O-])cc(Br)c2O)sc1C. The van der Waals surface area contributed by atoms with Gasteiger partial charge in [0.05, 0.1) is 21.3 Å². The zero-order valence-electron chi connectivity index (χ0n) is 11.1. The first-order chi connectivity index (χ1) is 9.88. The van der Waals surface area contributed by atoms with E-state index in [0.29, 0.717) is 5.13 Å². The van der Waals surface area contributed by atoms with E-state index in [0.717, 1.165) is 10.6 Å². The first kappa shape index (κ1) is 15.4. The molecule has 110 valence electrons. The molecule has 2 rings (SSSR count). The number of halogens is 1. The first-order valence-corrected chi connectivity index (χ1v) is 7.39. The molecule has 1 aromatic carbocycles. The minimum absolute atomic E-state index is 0.113. The van der Waals surface area contributed by atoms with Gasteiger partial charge in [0, 0.05) is 22.6 Å². The summed E-state index contributed by atoms with van der Waals surface area (Å²) in [7, 11) is 0. The van der Waals surface area contributed by atoms with E-state index >= 15 is 0 Å². The molecule has 1 heterocycles. The Bertz CT molecular complexity index is 710. The van der Waals surface area contributed by atoms with E-state index in [1.165, 1.54) is 29.7 Å². The van der Waals surface area contributed by atoms with Gasteiger partial charge in [-0.25, -0.2) is 4.98 Å². The lowest BCUT2D eigenvalue weighted by atomic mass is 10.2. The summed E-state index contributed by atoms with van der Waals surface area (Å²) in [6.45, 7) is 3.84. The fourth-order valence-electron chi connectivity index (χ4n) is 1.49. The molecule has 0 aliphatic rings. The van der Waals surface area contributed by atoms with Crippen LogP contribution >= 0.6 is 27.3 Å². The number of nitro benzene ring substituents is 1. The maximum absolute atomic E-state index is 10.8. The van der Waals surface area contributed by atoms with Crippen molar-refractivity contribution in [3.05, 3.63) is 42.9 Å². The van der Waals surface area contributed by atoms with E-state index in [-0.39, 0.29) is 21.5 Å². The van der Waals surface area contributed by atoms with Gasteiger partial charge >= 0.3 is 0 Å². The summed E-state index contributed by atoms with van der Waals surface area (Å²) >= 11 is 4.52. The highest BCUT2D eigenvalue weighted by Gasteiger charge is 2.13. The molecule has 0 fully saturated rings. The number of anilines is 1. The molecule has 0 aliphatic carbocycles. The van der Waals surface area contributed by atoms with Crippen molar-refractivity contribution in [2.24, 2.45) is 5.10 Å². The van der Waals surface area contributed by atoms with Crippen LogP contribution in [0.15, 0.2) is 21.7 Å². The van der Waals surface area contributed by atoms with Gasteiger partial charge in [-0.1, -0.05) is 0 Å². The standard InChI is InChI=1S/C12H11BrN4O3S/c1-6-7(2)21-12(15-6)16-14-5-8-3-9(17(19)20)4-10(13)11(8)18/h3-5,18H,1-2H3,(H,15,16). The first-order valence-electron chi connectivity index (χ1n) is 5.78. The monoisotopic (exact) mass is 370 g/mol. The Morgan fingerprint density at radius 1 is 1.52 bits per heavy atom. The maximum atomic E-state index is 10.8. The van der Waals surface area contributed by atoms with Crippen LogP contribution in [0.4, 0.5) is 10.8 Å². The third-order valence-corrected chi connectivity index (χ3v) is 4.26. The van der Waals surface area contributed by atoms with Crippen molar-refractivity contribution in [2.45, 2.75) is 13.8 Å². The van der Waals surface area contributed by atoms with Crippen LogP contribution in [0.2, 0.25) is 0 Å². The minimum Gasteiger partial charge on any atom is -0.506 e. The Balaban J connectivity index is 2.22. The van der Waals surface area contributed by atoms with Gasteiger partial charge < -0.3 is 5.11 Å². The van der Waals surface area contributed by atoms with Gasteiger partial charge in [-0.3, -0.25) is 15.5 Å². The van der Waals surface area contributed by atoms with Crippen LogP contribution in [-0.2, 0) is 0 Å². The summed E-state index contributed by atoms with van der Waals surface area (Å²) in [5.41, 5.74) is 3.74. The highest BCUT2D eigenvalue weighted by Crippen LogP contribution is 2.31. The zero-order valence-corrected chi connectivity index (χ0v) is 13.5.